The molecule has 2 N–H and O–H groups in total. The van der Waals surface area contributed by atoms with E-state index in [0.717, 1.165) is 12.8 Å². The molecule has 1 aliphatic carbocycles. The Hall–Kier alpha value is -3.96. The Morgan fingerprint density at radius 2 is 1.94 bits per heavy atom. The van der Waals surface area contributed by atoms with Gasteiger partial charge in [-0.3, -0.25) is 15.0 Å². The van der Waals surface area contributed by atoms with E-state index < -0.39 is 36.0 Å². The van der Waals surface area contributed by atoms with Gasteiger partial charge in [-0.05, 0) is 55.9 Å². The number of urea groups is 1. The topological polar surface area (TPSA) is 153 Å². The molecule has 2 heterocycles. The third-order valence-corrected chi connectivity index (χ3v) is 5.89. The number of ether oxygens (including phenoxy) is 2. The van der Waals surface area contributed by atoms with Crippen LogP contribution in [0.2, 0.25) is 0 Å². The number of nitrogens with one attached hydrogen (secondary N) is 2. The molecular weight excluding hydrogens is 446 g/mol. The van der Waals surface area contributed by atoms with Gasteiger partial charge in [0.1, 0.15) is 11.3 Å². The third kappa shape index (κ3) is 5.00. The van der Waals surface area contributed by atoms with Crippen molar-refractivity contribution in [3.63, 3.8) is 0 Å². The lowest BCUT2D eigenvalue weighted by molar-refractivity contribution is -0.141. The van der Waals surface area contributed by atoms with Gasteiger partial charge in [-0.15, -0.1) is 0 Å². The van der Waals surface area contributed by atoms with Crippen molar-refractivity contribution in [2.24, 2.45) is 5.92 Å². The smallest absolute Gasteiger partial charge is 0.344 e. The molecular formula is C22H25N5O7. The number of imide groups is 1. The SMILES string of the molecule is Cc1nc(COc2ccc(C(=O)OCC(=O)NN3C(=O)NC4(CCC(C)CC4)C3=O)cc2)no1. The largest absolute Gasteiger partial charge is 0.485 e. The fraction of sp³-hybridized carbons (Fsp3) is 0.455. The quantitative estimate of drug-likeness (QED) is 0.453. The summed E-state index contributed by atoms with van der Waals surface area (Å²) in [5, 5.41) is 7.09. The molecule has 1 spiro atoms. The molecule has 0 bridgehead atoms. The Labute approximate surface area is 194 Å². The minimum absolute atomic E-state index is 0.102. The fourth-order valence-electron chi connectivity index (χ4n) is 3.92. The molecule has 1 aromatic heterocycles. The summed E-state index contributed by atoms with van der Waals surface area (Å²) in [6.07, 6.45) is 2.67. The van der Waals surface area contributed by atoms with Gasteiger partial charge in [0.2, 0.25) is 11.7 Å². The molecule has 0 atom stereocenters. The van der Waals surface area contributed by atoms with Gasteiger partial charge in [-0.1, -0.05) is 12.1 Å². The van der Waals surface area contributed by atoms with Gasteiger partial charge in [0.05, 0.1) is 5.56 Å². The fourth-order valence-corrected chi connectivity index (χ4v) is 3.92. The third-order valence-electron chi connectivity index (χ3n) is 5.89. The highest BCUT2D eigenvalue weighted by atomic mass is 16.5. The van der Waals surface area contributed by atoms with Crippen molar-refractivity contribution >= 4 is 23.8 Å². The van der Waals surface area contributed by atoms with E-state index in [1.54, 1.807) is 19.1 Å². The van der Waals surface area contributed by atoms with E-state index in [4.69, 9.17) is 14.0 Å². The van der Waals surface area contributed by atoms with Crippen LogP contribution in [0.5, 0.6) is 5.75 Å². The summed E-state index contributed by atoms with van der Waals surface area (Å²) < 4.78 is 15.4. The number of hydrazine groups is 1. The number of benzene rings is 1. The van der Waals surface area contributed by atoms with Crippen molar-refractivity contribution < 1.29 is 33.2 Å². The molecule has 0 unspecified atom stereocenters. The summed E-state index contributed by atoms with van der Waals surface area (Å²) in [4.78, 5) is 53.5. The van der Waals surface area contributed by atoms with Crippen LogP contribution >= 0.6 is 0 Å². The second kappa shape index (κ2) is 9.49. The minimum Gasteiger partial charge on any atom is -0.485 e. The molecule has 0 radical (unpaired) electrons. The van der Waals surface area contributed by atoms with Crippen molar-refractivity contribution in [2.75, 3.05) is 6.61 Å². The molecule has 2 fully saturated rings. The first-order valence-electron chi connectivity index (χ1n) is 10.9. The molecule has 4 rings (SSSR count). The van der Waals surface area contributed by atoms with Crippen molar-refractivity contribution in [3.8, 4) is 5.75 Å². The summed E-state index contributed by atoms with van der Waals surface area (Å²) in [7, 11) is 0. The van der Waals surface area contributed by atoms with Crippen molar-refractivity contribution in [1.29, 1.82) is 0 Å². The number of hydrogen-bond donors (Lipinski definition) is 2. The number of amides is 4. The summed E-state index contributed by atoms with van der Waals surface area (Å²) in [6.45, 7) is 3.21. The summed E-state index contributed by atoms with van der Waals surface area (Å²) in [5.41, 5.74) is 1.45. The monoisotopic (exact) mass is 471 g/mol. The van der Waals surface area contributed by atoms with Gasteiger partial charge in [-0.2, -0.15) is 9.99 Å². The van der Waals surface area contributed by atoms with Crippen LogP contribution in [0.4, 0.5) is 4.79 Å². The molecule has 1 aromatic carbocycles. The average Bonchev–Trinajstić information content (AvgIpc) is 3.34. The minimum atomic E-state index is -0.972. The van der Waals surface area contributed by atoms with Crippen LogP contribution < -0.4 is 15.5 Å². The number of carbonyl (C=O) groups is 4. The van der Waals surface area contributed by atoms with E-state index in [1.807, 2.05) is 0 Å². The Bertz CT molecular complexity index is 1090. The van der Waals surface area contributed by atoms with E-state index in [0.29, 0.717) is 41.2 Å². The summed E-state index contributed by atoms with van der Waals surface area (Å²) >= 11 is 0. The van der Waals surface area contributed by atoms with Gasteiger partial charge >= 0.3 is 12.0 Å². The molecule has 2 aliphatic rings. The normalized spacial score (nSPS) is 21.9. The Balaban J connectivity index is 1.24. The highest BCUT2D eigenvalue weighted by Crippen LogP contribution is 2.35. The first kappa shape index (κ1) is 23.2. The molecule has 34 heavy (non-hydrogen) atoms. The molecule has 1 aliphatic heterocycles. The number of rotatable bonds is 7. The first-order chi connectivity index (χ1) is 16.3. The van der Waals surface area contributed by atoms with Gasteiger partial charge in [0.25, 0.3) is 11.8 Å². The Morgan fingerprint density at radius 1 is 1.24 bits per heavy atom. The van der Waals surface area contributed by atoms with Crippen LogP contribution in [-0.4, -0.2) is 51.1 Å². The molecule has 12 nitrogen and oxygen atoms in total. The lowest BCUT2D eigenvalue weighted by Gasteiger charge is -2.33. The zero-order valence-corrected chi connectivity index (χ0v) is 18.8. The Kier molecular flexibility index (Phi) is 6.48. The van der Waals surface area contributed by atoms with Gasteiger partial charge in [0, 0.05) is 6.92 Å². The zero-order chi connectivity index (χ0) is 24.3. The predicted molar refractivity (Wildman–Crippen MR) is 114 cm³/mol. The summed E-state index contributed by atoms with van der Waals surface area (Å²) in [5.74, 6) is -0.260. The van der Waals surface area contributed by atoms with E-state index in [2.05, 4.69) is 27.8 Å². The number of aryl methyl sites for hydroxylation is 1. The van der Waals surface area contributed by atoms with Crippen LogP contribution in [0, 0.1) is 12.8 Å². The highest BCUT2D eigenvalue weighted by molar-refractivity contribution is 6.08. The van der Waals surface area contributed by atoms with Crippen molar-refractivity contribution in [2.45, 2.75) is 51.7 Å². The Morgan fingerprint density at radius 3 is 2.59 bits per heavy atom. The predicted octanol–water partition coefficient (Wildman–Crippen LogP) is 1.65. The van der Waals surface area contributed by atoms with E-state index in [9.17, 15) is 19.2 Å². The molecule has 1 saturated carbocycles. The van der Waals surface area contributed by atoms with Crippen LogP contribution in [0.25, 0.3) is 0 Å². The molecule has 4 amide bonds. The van der Waals surface area contributed by atoms with Crippen molar-refractivity contribution in [1.82, 2.24) is 25.9 Å². The number of nitrogens with zero attached hydrogens (tertiary/aromatic N) is 3. The number of esters is 1. The van der Waals surface area contributed by atoms with Crippen LogP contribution in [0.15, 0.2) is 28.8 Å². The van der Waals surface area contributed by atoms with E-state index >= 15 is 0 Å². The van der Waals surface area contributed by atoms with Gasteiger partial charge in [0.15, 0.2) is 13.2 Å². The van der Waals surface area contributed by atoms with Crippen LogP contribution in [0.3, 0.4) is 0 Å². The lowest BCUT2D eigenvalue weighted by atomic mass is 9.77. The number of carbonyl (C=O) groups excluding carboxylic acids is 4. The van der Waals surface area contributed by atoms with Gasteiger partial charge < -0.3 is 19.3 Å². The zero-order valence-electron chi connectivity index (χ0n) is 18.8. The number of hydrogen-bond acceptors (Lipinski definition) is 9. The second-order valence-corrected chi connectivity index (χ2v) is 8.49. The van der Waals surface area contributed by atoms with Crippen LogP contribution in [-0.2, 0) is 20.9 Å². The second-order valence-electron chi connectivity index (χ2n) is 8.49. The average molecular weight is 471 g/mol. The van der Waals surface area contributed by atoms with Crippen LogP contribution in [0.1, 0.15) is 54.7 Å². The van der Waals surface area contributed by atoms with Gasteiger partial charge in [-0.25, -0.2) is 9.59 Å². The molecule has 2 aromatic rings. The maximum atomic E-state index is 12.8. The standard InChI is InChI=1S/C22H25N5O7/c1-13-7-9-22(10-8-13)20(30)27(21(31)24-22)25-18(28)12-33-19(29)15-3-5-16(6-4-15)32-11-17-23-14(2)34-26-17/h3-6,13H,7-12H2,1-2H3,(H,24,31)(H,25,28). The highest BCUT2D eigenvalue weighted by Gasteiger charge is 2.52. The van der Waals surface area contributed by atoms with Crippen molar-refractivity contribution in [3.05, 3.63) is 41.5 Å². The number of aromatic nitrogens is 2. The van der Waals surface area contributed by atoms with E-state index in [1.165, 1.54) is 12.1 Å². The maximum absolute atomic E-state index is 12.8. The first-order valence-corrected chi connectivity index (χ1v) is 10.9. The molecule has 1 saturated heterocycles. The lowest BCUT2D eigenvalue weighted by Crippen LogP contribution is -2.52. The molecule has 12 heteroatoms. The van der Waals surface area contributed by atoms with E-state index in [-0.39, 0.29) is 12.2 Å². The molecule has 180 valence electrons. The maximum Gasteiger partial charge on any atom is 0.344 e. The summed E-state index contributed by atoms with van der Waals surface area (Å²) in [6, 6.07) is 5.37.